The van der Waals surface area contributed by atoms with E-state index in [0.29, 0.717) is 29.3 Å². The highest BCUT2D eigenvalue weighted by Gasteiger charge is 2.29. The molecule has 2 fully saturated rings. The Morgan fingerprint density at radius 1 is 1.08 bits per heavy atom. The molecule has 0 spiro atoms. The molecule has 3 N–H and O–H groups in total. The fourth-order valence-electron chi connectivity index (χ4n) is 4.98. The number of oxime groups is 1. The Kier molecular flexibility index (Phi) is 8.47. The number of rotatable bonds is 11. The molecule has 0 aromatic heterocycles. The van der Waals surface area contributed by atoms with Gasteiger partial charge in [0, 0.05) is 13.0 Å². The van der Waals surface area contributed by atoms with Crippen LogP contribution in [0.3, 0.4) is 0 Å². The molecule has 8 heteroatoms. The second-order valence-corrected chi connectivity index (χ2v) is 10.7. The summed E-state index contributed by atoms with van der Waals surface area (Å²) in [4.78, 5) is 15.4. The minimum atomic E-state index is -0.993. The average molecular weight is 536 g/mol. The summed E-state index contributed by atoms with van der Waals surface area (Å²) < 4.78 is 5.82. The zero-order valence-corrected chi connectivity index (χ0v) is 22.1. The van der Waals surface area contributed by atoms with Crippen LogP contribution in [0.1, 0.15) is 49.3 Å². The highest BCUT2D eigenvalue weighted by atomic mass is 35.5. The number of fused-ring (bicyclic) bond motifs is 1. The van der Waals surface area contributed by atoms with Gasteiger partial charge in [0.05, 0.1) is 17.2 Å². The SMILES string of the molecule is O=C(NC(CN1CCCC1)C(O)c1ccc(OC2CC2)c(Cl)c1)/C(CCc1ccc2ccccc2c1)=N/O. The Hall–Kier alpha value is -3.13. The number of amides is 1. The van der Waals surface area contributed by atoms with Crippen LogP contribution in [0.5, 0.6) is 5.75 Å². The molecule has 2 unspecified atom stereocenters. The second kappa shape index (κ2) is 12.2. The predicted molar refractivity (Wildman–Crippen MR) is 149 cm³/mol. The molecular formula is C30H34ClN3O4. The summed E-state index contributed by atoms with van der Waals surface area (Å²) in [5, 5.41) is 29.9. The zero-order chi connectivity index (χ0) is 26.5. The lowest BCUT2D eigenvalue weighted by molar-refractivity contribution is -0.116. The van der Waals surface area contributed by atoms with Crippen LogP contribution in [0.4, 0.5) is 0 Å². The Bertz CT molecular complexity index is 1300. The number of benzene rings is 3. The molecule has 1 saturated heterocycles. The lowest BCUT2D eigenvalue weighted by Gasteiger charge is -2.29. The normalized spacial score (nSPS) is 17.9. The number of carbonyl (C=O) groups is 1. The quantitative estimate of drug-likeness (QED) is 0.180. The maximum Gasteiger partial charge on any atom is 0.269 e. The van der Waals surface area contributed by atoms with Crippen molar-refractivity contribution in [1.29, 1.82) is 0 Å². The molecule has 38 heavy (non-hydrogen) atoms. The third-order valence-corrected chi connectivity index (χ3v) is 7.61. The van der Waals surface area contributed by atoms with Crippen molar-refractivity contribution < 1.29 is 19.8 Å². The van der Waals surface area contributed by atoms with Gasteiger partial charge < -0.3 is 25.3 Å². The molecule has 1 aliphatic carbocycles. The van der Waals surface area contributed by atoms with Gasteiger partial charge in [0.15, 0.2) is 0 Å². The molecule has 7 nitrogen and oxygen atoms in total. The van der Waals surface area contributed by atoms with Gasteiger partial charge in [-0.15, -0.1) is 0 Å². The molecule has 2 aliphatic rings. The maximum absolute atomic E-state index is 13.2. The van der Waals surface area contributed by atoms with Gasteiger partial charge in [0.1, 0.15) is 17.6 Å². The molecule has 1 amide bonds. The van der Waals surface area contributed by atoms with Crippen LogP contribution in [0.2, 0.25) is 5.02 Å². The van der Waals surface area contributed by atoms with E-state index in [1.807, 2.05) is 24.3 Å². The van der Waals surface area contributed by atoms with E-state index in [1.165, 1.54) is 0 Å². The fourth-order valence-corrected chi connectivity index (χ4v) is 5.21. The lowest BCUT2D eigenvalue weighted by Crippen LogP contribution is -2.48. The summed E-state index contributed by atoms with van der Waals surface area (Å²) in [5.74, 6) is 0.116. The van der Waals surface area contributed by atoms with Crippen LogP contribution in [0.25, 0.3) is 10.8 Å². The van der Waals surface area contributed by atoms with Crippen molar-refractivity contribution in [3.8, 4) is 5.75 Å². The van der Waals surface area contributed by atoms with Gasteiger partial charge in [0.2, 0.25) is 0 Å². The third-order valence-electron chi connectivity index (χ3n) is 7.31. The average Bonchev–Trinajstić information content (AvgIpc) is 3.60. The number of carbonyl (C=O) groups excluding carboxylic acids is 1. The summed E-state index contributed by atoms with van der Waals surface area (Å²) in [6.45, 7) is 2.31. The molecule has 3 aromatic rings. The van der Waals surface area contributed by atoms with Gasteiger partial charge in [-0.1, -0.05) is 65.3 Å². The van der Waals surface area contributed by atoms with Gasteiger partial charge in [0.25, 0.3) is 5.91 Å². The van der Waals surface area contributed by atoms with E-state index in [-0.39, 0.29) is 18.2 Å². The molecule has 2 atom stereocenters. The summed E-state index contributed by atoms with van der Waals surface area (Å²) in [5.41, 5.74) is 1.68. The predicted octanol–water partition coefficient (Wildman–Crippen LogP) is 5.11. The van der Waals surface area contributed by atoms with Gasteiger partial charge >= 0.3 is 0 Å². The number of nitrogens with one attached hydrogen (secondary N) is 1. The zero-order valence-electron chi connectivity index (χ0n) is 21.4. The standard InChI is InChI=1S/C30H34ClN3O4/c31-25-18-23(10-14-28(25)38-24-11-12-24)29(35)27(19-34-15-3-4-16-34)32-30(36)26(33-37)13-8-20-7-9-21-5-1-2-6-22(21)17-20/h1-2,5-7,9-10,14,17-18,24,27,29,35,37H,3-4,8,11-13,15-16,19H2,(H,32,36)/b33-26+. The van der Waals surface area contributed by atoms with Crippen molar-refractivity contribution in [2.24, 2.45) is 5.16 Å². The van der Waals surface area contributed by atoms with Crippen LogP contribution >= 0.6 is 11.6 Å². The molecule has 200 valence electrons. The van der Waals surface area contributed by atoms with E-state index in [2.05, 4.69) is 33.6 Å². The molecule has 0 bridgehead atoms. The lowest BCUT2D eigenvalue weighted by atomic mass is 10.00. The number of likely N-dealkylation sites (tertiary alicyclic amines) is 1. The Morgan fingerprint density at radius 2 is 1.84 bits per heavy atom. The van der Waals surface area contributed by atoms with E-state index < -0.39 is 18.1 Å². The van der Waals surface area contributed by atoms with Crippen LogP contribution in [0.15, 0.2) is 65.8 Å². The Labute approximate surface area is 228 Å². The van der Waals surface area contributed by atoms with Crippen molar-refractivity contribution in [2.45, 2.75) is 56.8 Å². The molecule has 1 saturated carbocycles. The van der Waals surface area contributed by atoms with Gasteiger partial charge in [-0.05, 0) is 79.2 Å². The first-order valence-electron chi connectivity index (χ1n) is 13.4. The summed E-state index contributed by atoms with van der Waals surface area (Å²) in [6, 6.07) is 18.9. The smallest absolute Gasteiger partial charge is 0.269 e. The van der Waals surface area contributed by atoms with Crippen LogP contribution < -0.4 is 10.1 Å². The molecule has 3 aromatic carbocycles. The monoisotopic (exact) mass is 535 g/mol. The number of aliphatic hydroxyl groups excluding tert-OH is 1. The third kappa shape index (κ3) is 6.65. The van der Waals surface area contributed by atoms with Crippen molar-refractivity contribution in [3.63, 3.8) is 0 Å². The number of aliphatic hydroxyl groups is 1. The van der Waals surface area contributed by atoms with Gasteiger partial charge in [-0.2, -0.15) is 0 Å². The number of aryl methyl sites for hydroxylation is 1. The minimum absolute atomic E-state index is 0.0306. The highest BCUT2D eigenvalue weighted by molar-refractivity contribution is 6.38. The Morgan fingerprint density at radius 3 is 2.55 bits per heavy atom. The van der Waals surface area contributed by atoms with Crippen molar-refractivity contribution in [2.75, 3.05) is 19.6 Å². The topological polar surface area (TPSA) is 94.4 Å². The molecule has 0 radical (unpaired) electrons. The minimum Gasteiger partial charge on any atom is -0.489 e. The van der Waals surface area contributed by atoms with Crippen molar-refractivity contribution in [3.05, 3.63) is 76.8 Å². The van der Waals surface area contributed by atoms with E-state index in [1.54, 1.807) is 18.2 Å². The van der Waals surface area contributed by atoms with E-state index >= 15 is 0 Å². The van der Waals surface area contributed by atoms with Crippen molar-refractivity contribution >= 4 is 34.0 Å². The van der Waals surface area contributed by atoms with E-state index in [0.717, 1.165) is 55.1 Å². The number of ether oxygens (including phenoxy) is 1. The first-order chi connectivity index (χ1) is 18.5. The number of hydrogen-bond acceptors (Lipinski definition) is 6. The maximum atomic E-state index is 13.2. The highest BCUT2D eigenvalue weighted by Crippen LogP contribution is 2.34. The molecule has 1 aliphatic heterocycles. The van der Waals surface area contributed by atoms with Crippen LogP contribution in [0, 0.1) is 0 Å². The van der Waals surface area contributed by atoms with Gasteiger partial charge in [-0.25, -0.2) is 0 Å². The van der Waals surface area contributed by atoms with E-state index in [9.17, 15) is 15.1 Å². The Balaban J connectivity index is 1.26. The van der Waals surface area contributed by atoms with Crippen molar-refractivity contribution in [1.82, 2.24) is 10.2 Å². The summed E-state index contributed by atoms with van der Waals surface area (Å²) >= 11 is 6.45. The molecule has 1 heterocycles. The van der Waals surface area contributed by atoms with Crippen LogP contribution in [-0.2, 0) is 11.2 Å². The largest absolute Gasteiger partial charge is 0.489 e. The van der Waals surface area contributed by atoms with Gasteiger partial charge in [-0.3, -0.25) is 4.79 Å². The number of hydrogen-bond donors (Lipinski definition) is 3. The molecule has 5 rings (SSSR count). The first-order valence-corrected chi connectivity index (χ1v) is 13.7. The van der Waals surface area contributed by atoms with Crippen LogP contribution in [-0.4, -0.2) is 58.6 Å². The fraction of sp³-hybridized carbons (Fsp3) is 0.400. The summed E-state index contributed by atoms with van der Waals surface area (Å²) in [7, 11) is 0. The first kappa shape index (κ1) is 26.5. The number of nitrogens with zero attached hydrogens (tertiary/aromatic N) is 2. The van der Waals surface area contributed by atoms with E-state index in [4.69, 9.17) is 16.3 Å². The number of halogens is 1. The summed E-state index contributed by atoms with van der Waals surface area (Å²) in [6.07, 6.45) is 4.28. The second-order valence-electron chi connectivity index (χ2n) is 10.3. The molecular weight excluding hydrogens is 502 g/mol.